The summed E-state index contributed by atoms with van der Waals surface area (Å²) in [6, 6.07) is 11.7. The van der Waals surface area contributed by atoms with Gasteiger partial charge in [-0.1, -0.05) is 30.3 Å². The number of nitrogens with zero attached hydrogens (tertiary/aromatic N) is 2. The van der Waals surface area contributed by atoms with Crippen molar-refractivity contribution >= 4 is 23.3 Å². The molecule has 0 aliphatic carbocycles. The molecule has 1 aromatic heterocycles. The van der Waals surface area contributed by atoms with Crippen LogP contribution in [0.25, 0.3) is 0 Å². The van der Waals surface area contributed by atoms with E-state index in [1.807, 2.05) is 36.4 Å². The highest BCUT2D eigenvalue weighted by atomic mass is 16.5. The number of carbonyl (C=O) groups is 2. The van der Waals surface area contributed by atoms with Crippen molar-refractivity contribution in [3.8, 4) is 0 Å². The maximum Gasteiger partial charge on any atom is 0.379 e. The molecule has 2 heterocycles. The van der Waals surface area contributed by atoms with E-state index in [0.717, 1.165) is 30.9 Å². The van der Waals surface area contributed by atoms with Crippen LogP contribution in [0.2, 0.25) is 0 Å². The number of hydrogen-bond donors (Lipinski definition) is 1. The molecule has 7 heteroatoms. The monoisotopic (exact) mass is 383 g/mol. The van der Waals surface area contributed by atoms with Gasteiger partial charge in [-0.15, -0.1) is 0 Å². The van der Waals surface area contributed by atoms with E-state index < -0.39 is 11.8 Å². The van der Waals surface area contributed by atoms with Crippen molar-refractivity contribution in [1.82, 2.24) is 4.98 Å². The second kappa shape index (κ2) is 9.32. The fraction of sp³-hybridized carbons (Fsp3) is 0.381. The van der Waals surface area contributed by atoms with Gasteiger partial charge in [-0.2, -0.15) is 0 Å². The molecule has 1 fully saturated rings. The van der Waals surface area contributed by atoms with Crippen LogP contribution in [0.1, 0.15) is 29.3 Å². The van der Waals surface area contributed by atoms with Crippen LogP contribution in [0, 0.1) is 0 Å². The van der Waals surface area contributed by atoms with Gasteiger partial charge >= 0.3 is 5.97 Å². The zero-order valence-corrected chi connectivity index (χ0v) is 16.2. The SMILES string of the molecule is CCOC(=O)C(=O)c1cnc(N2CCC(OC)C2)cc1NCc1ccccc1. The topological polar surface area (TPSA) is 80.8 Å². The fourth-order valence-electron chi connectivity index (χ4n) is 3.17. The third-order valence-corrected chi connectivity index (χ3v) is 4.72. The summed E-state index contributed by atoms with van der Waals surface area (Å²) in [5.74, 6) is -0.830. The summed E-state index contributed by atoms with van der Waals surface area (Å²) < 4.78 is 10.3. The predicted molar refractivity (Wildman–Crippen MR) is 107 cm³/mol. The molecule has 1 saturated heterocycles. The smallest absolute Gasteiger partial charge is 0.379 e. The average Bonchev–Trinajstić information content (AvgIpc) is 3.22. The van der Waals surface area contributed by atoms with Crippen molar-refractivity contribution in [3.63, 3.8) is 0 Å². The van der Waals surface area contributed by atoms with E-state index in [1.54, 1.807) is 14.0 Å². The molecular weight excluding hydrogens is 358 g/mol. The number of ketones is 1. The molecule has 1 aliphatic rings. The van der Waals surface area contributed by atoms with Crippen molar-refractivity contribution < 1.29 is 19.1 Å². The fourth-order valence-corrected chi connectivity index (χ4v) is 3.17. The summed E-state index contributed by atoms with van der Waals surface area (Å²) in [6.07, 6.45) is 2.54. The maximum absolute atomic E-state index is 12.5. The number of hydrogen-bond acceptors (Lipinski definition) is 7. The molecule has 3 rings (SSSR count). The van der Waals surface area contributed by atoms with Crippen LogP contribution in [0.5, 0.6) is 0 Å². The predicted octanol–water partition coefficient (Wildman–Crippen LogP) is 2.66. The van der Waals surface area contributed by atoms with Crippen molar-refractivity contribution in [2.75, 3.05) is 37.0 Å². The Balaban J connectivity index is 1.85. The van der Waals surface area contributed by atoms with Crippen LogP contribution in [0.15, 0.2) is 42.6 Å². The molecule has 28 heavy (non-hydrogen) atoms. The minimum atomic E-state index is -0.875. The maximum atomic E-state index is 12.5. The van der Waals surface area contributed by atoms with Gasteiger partial charge in [-0.3, -0.25) is 4.79 Å². The van der Waals surface area contributed by atoms with Gasteiger partial charge in [-0.05, 0) is 18.9 Å². The van der Waals surface area contributed by atoms with E-state index in [4.69, 9.17) is 9.47 Å². The lowest BCUT2D eigenvalue weighted by Crippen LogP contribution is -2.24. The molecule has 1 aliphatic heterocycles. The summed E-state index contributed by atoms with van der Waals surface area (Å²) >= 11 is 0. The second-order valence-corrected chi connectivity index (χ2v) is 6.57. The Kier molecular flexibility index (Phi) is 6.60. The molecule has 1 unspecified atom stereocenters. The van der Waals surface area contributed by atoms with Crippen LogP contribution in [-0.4, -0.2) is 49.6 Å². The van der Waals surface area contributed by atoms with Gasteiger partial charge in [-0.25, -0.2) is 9.78 Å². The second-order valence-electron chi connectivity index (χ2n) is 6.57. The molecule has 148 valence electrons. The Morgan fingerprint density at radius 2 is 2.07 bits per heavy atom. The molecule has 0 bridgehead atoms. The van der Waals surface area contributed by atoms with Gasteiger partial charge in [0.1, 0.15) is 5.82 Å². The van der Waals surface area contributed by atoms with Crippen molar-refractivity contribution in [1.29, 1.82) is 0 Å². The number of methoxy groups -OCH3 is 1. The summed E-state index contributed by atoms with van der Waals surface area (Å²) in [6.45, 7) is 3.91. The summed E-state index contributed by atoms with van der Waals surface area (Å²) in [4.78, 5) is 31.0. The van der Waals surface area contributed by atoms with Gasteiger partial charge in [0.05, 0.1) is 24.0 Å². The number of esters is 1. The van der Waals surface area contributed by atoms with Crippen molar-refractivity contribution in [2.24, 2.45) is 0 Å². The van der Waals surface area contributed by atoms with Gasteiger partial charge in [0, 0.05) is 39.0 Å². The molecular formula is C21H25N3O4. The molecule has 1 atom stereocenters. The van der Waals surface area contributed by atoms with Crippen molar-refractivity contribution in [2.45, 2.75) is 26.0 Å². The number of ether oxygens (including phenoxy) is 2. The molecule has 1 aromatic carbocycles. The number of anilines is 2. The molecule has 0 saturated carbocycles. The van der Waals surface area contributed by atoms with E-state index in [9.17, 15) is 9.59 Å². The summed E-state index contributed by atoms with van der Waals surface area (Å²) in [5.41, 5.74) is 1.84. The Bertz CT molecular complexity index is 826. The number of Topliss-reactive ketones (excluding diaryl/α,β-unsaturated/α-hetero) is 1. The van der Waals surface area contributed by atoms with Crippen molar-refractivity contribution in [3.05, 3.63) is 53.7 Å². The average molecular weight is 383 g/mol. The zero-order valence-electron chi connectivity index (χ0n) is 16.2. The first-order chi connectivity index (χ1) is 13.6. The molecule has 7 nitrogen and oxygen atoms in total. The third kappa shape index (κ3) is 4.67. The lowest BCUT2D eigenvalue weighted by Gasteiger charge is -2.19. The Morgan fingerprint density at radius 1 is 1.29 bits per heavy atom. The van der Waals surface area contributed by atoms with Gasteiger partial charge < -0.3 is 19.7 Å². The zero-order chi connectivity index (χ0) is 19.9. The standard InChI is InChI=1S/C21H25N3O4/c1-3-28-21(26)20(25)17-13-23-19(24-10-9-16(14-24)27-2)11-18(17)22-12-15-7-5-4-6-8-15/h4-8,11,13,16H,3,9-10,12,14H2,1-2H3,(H,22,23). The van der Waals surface area contributed by atoms with Crippen LogP contribution < -0.4 is 10.2 Å². The number of pyridine rings is 1. The highest BCUT2D eigenvalue weighted by Crippen LogP contribution is 2.26. The van der Waals surface area contributed by atoms with E-state index in [2.05, 4.69) is 15.2 Å². The molecule has 2 aromatic rings. The Labute approximate surface area is 164 Å². The van der Waals surface area contributed by atoms with E-state index in [1.165, 1.54) is 6.20 Å². The van der Waals surface area contributed by atoms with E-state index in [-0.39, 0.29) is 18.3 Å². The normalized spacial score (nSPS) is 16.1. The first-order valence-electron chi connectivity index (χ1n) is 9.39. The number of rotatable bonds is 8. The first-order valence-corrected chi connectivity index (χ1v) is 9.39. The van der Waals surface area contributed by atoms with Crippen LogP contribution >= 0.6 is 0 Å². The molecule has 1 N–H and O–H groups in total. The largest absolute Gasteiger partial charge is 0.460 e. The van der Waals surface area contributed by atoms with Gasteiger partial charge in [0.15, 0.2) is 0 Å². The molecule has 0 spiro atoms. The highest BCUT2D eigenvalue weighted by Gasteiger charge is 2.26. The number of aromatic nitrogens is 1. The number of nitrogens with one attached hydrogen (secondary N) is 1. The highest BCUT2D eigenvalue weighted by molar-refractivity contribution is 6.41. The van der Waals surface area contributed by atoms with Crippen LogP contribution in [0.3, 0.4) is 0 Å². The van der Waals surface area contributed by atoms with Crippen LogP contribution in [-0.2, 0) is 20.8 Å². The molecule has 0 radical (unpaired) electrons. The van der Waals surface area contributed by atoms with E-state index in [0.29, 0.717) is 12.2 Å². The number of carbonyl (C=O) groups excluding carboxylic acids is 2. The lowest BCUT2D eigenvalue weighted by atomic mass is 10.1. The molecule has 0 amide bonds. The number of benzene rings is 1. The minimum Gasteiger partial charge on any atom is -0.460 e. The summed E-state index contributed by atoms with van der Waals surface area (Å²) in [5, 5.41) is 3.27. The van der Waals surface area contributed by atoms with Gasteiger partial charge in [0.25, 0.3) is 5.78 Å². The third-order valence-electron chi connectivity index (χ3n) is 4.72. The summed E-state index contributed by atoms with van der Waals surface area (Å²) in [7, 11) is 1.70. The van der Waals surface area contributed by atoms with Gasteiger partial charge in [0.2, 0.25) is 0 Å². The van der Waals surface area contributed by atoms with E-state index >= 15 is 0 Å². The van der Waals surface area contributed by atoms with Crippen LogP contribution in [0.4, 0.5) is 11.5 Å². The Hall–Kier alpha value is -2.93. The lowest BCUT2D eigenvalue weighted by molar-refractivity contribution is -0.137. The first kappa shape index (κ1) is 19.8. The quantitative estimate of drug-likeness (QED) is 0.426. The Morgan fingerprint density at radius 3 is 2.75 bits per heavy atom. The minimum absolute atomic E-state index is 0.148.